The molecule has 3 rings (SSSR count). The van der Waals surface area contributed by atoms with Crippen LogP contribution in [0.4, 0.5) is 0 Å². The second-order valence-corrected chi connectivity index (χ2v) is 7.78. The first kappa shape index (κ1) is 18.7. The molecule has 0 spiro atoms. The number of ketones is 2. The topological polar surface area (TPSA) is 52.6 Å². The molecule has 0 radical (unpaired) electrons. The van der Waals surface area contributed by atoms with Crippen molar-refractivity contribution in [3.05, 3.63) is 48.0 Å². The zero-order chi connectivity index (χ0) is 18.6. The van der Waals surface area contributed by atoms with Crippen molar-refractivity contribution >= 4 is 11.6 Å². The fourth-order valence-electron chi connectivity index (χ4n) is 3.60. The van der Waals surface area contributed by atoms with Crippen molar-refractivity contribution in [2.45, 2.75) is 76.4 Å². The molecule has 0 aromatic rings. The second-order valence-electron chi connectivity index (χ2n) is 7.78. The molecule has 0 amide bonds. The summed E-state index contributed by atoms with van der Waals surface area (Å²) < 4.78 is 11.8. The van der Waals surface area contributed by atoms with Crippen LogP contribution >= 0.6 is 0 Å². The van der Waals surface area contributed by atoms with Crippen molar-refractivity contribution in [3.8, 4) is 0 Å². The number of rotatable bonds is 0. The zero-order valence-corrected chi connectivity index (χ0v) is 15.8. The molecule has 4 bridgehead atoms. The number of carbonyl (C=O) groups is 2. The first-order valence-electron chi connectivity index (χ1n) is 9.65. The van der Waals surface area contributed by atoms with Gasteiger partial charge in [0.2, 0.25) is 11.6 Å². The van der Waals surface area contributed by atoms with Gasteiger partial charge in [0.25, 0.3) is 0 Å². The van der Waals surface area contributed by atoms with E-state index in [-0.39, 0.29) is 11.6 Å². The molecule has 0 aromatic heterocycles. The van der Waals surface area contributed by atoms with Crippen LogP contribution < -0.4 is 0 Å². The van der Waals surface area contributed by atoms with E-state index in [1.807, 2.05) is 38.2 Å². The van der Waals surface area contributed by atoms with Gasteiger partial charge in [0, 0.05) is 12.2 Å². The van der Waals surface area contributed by atoms with Crippen LogP contribution in [0.1, 0.15) is 65.2 Å². The van der Waals surface area contributed by atoms with Crippen LogP contribution in [0.2, 0.25) is 0 Å². The Hall–Kier alpha value is -2.10. The van der Waals surface area contributed by atoms with E-state index >= 15 is 0 Å². The zero-order valence-electron chi connectivity index (χ0n) is 15.8. The molecule has 0 saturated heterocycles. The van der Waals surface area contributed by atoms with E-state index in [0.29, 0.717) is 24.4 Å². The van der Waals surface area contributed by atoms with E-state index < -0.39 is 11.2 Å². The molecule has 26 heavy (non-hydrogen) atoms. The van der Waals surface area contributed by atoms with Crippen molar-refractivity contribution < 1.29 is 19.1 Å². The van der Waals surface area contributed by atoms with Crippen molar-refractivity contribution in [2.75, 3.05) is 0 Å². The van der Waals surface area contributed by atoms with Gasteiger partial charge in [0.05, 0.1) is 0 Å². The van der Waals surface area contributed by atoms with Crippen LogP contribution in [0.15, 0.2) is 48.0 Å². The average molecular weight is 356 g/mol. The standard InChI is InChI=1S/C22H28O4/c1-21-13-9-5-3-8-12-18-16-20(24)22(2,26-18)14-10-6-4-7-11-17(25-21)15-19(21)23/h7-8,11-12,15-16H,3-6,9-10,13-14H2,1-2H3/b11-7-,12-8-/t21-,22+. The number of fused-ring (bicyclic) bond motifs is 4. The molecule has 3 heterocycles. The highest BCUT2D eigenvalue weighted by atomic mass is 16.5. The lowest BCUT2D eigenvalue weighted by atomic mass is 9.94. The highest BCUT2D eigenvalue weighted by Crippen LogP contribution is 2.32. The highest BCUT2D eigenvalue weighted by Gasteiger charge is 2.39. The number of hydrogen-bond acceptors (Lipinski definition) is 4. The van der Waals surface area contributed by atoms with E-state index in [1.165, 1.54) is 0 Å². The van der Waals surface area contributed by atoms with Crippen molar-refractivity contribution in [3.63, 3.8) is 0 Å². The smallest absolute Gasteiger partial charge is 0.202 e. The summed E-state index contributed by atoms with van der Waals surface area (Å²) in [5.41, 5.74) is -1.44. The first-order chi connectivity index (χ1) is 12.4. The third-order valence-electron chi connectivity index (χ3n) is 5.39. The first-order valence-corrected chi connectivity index (χ1v) is 9.65. The molecular weight excluding hydrogens is 328 g/mol. The van der Waals surface area contributed by atoms with Crippen LogP contribution in [0, 0.1) is 0 Å². The summed E-state index contributed by atoms with van der Waals surface area (Å²) in [6.07, 6.45) is 18.0. The molecule has 0 fully saturated rings. The Morgan fingerprint density at radius 3 is 1.58 bits per heavy atom. The van der Waals surface area contributed by atoms with E-state index in [2.05, 4.69) is 0 Å². The Morgan fingerprint density at radius 2 is 1.15 bits per heavy atom. The highest BCUT2D eigenvalue weighted by molar-refractivity contribution is 6.00. The van der Waals surface area contributed by atoms with E-state index in [4.69, 9.17) is 9.47 Å². The van der Waals surface area contributed by atoms with Gasteiger partial charge in [-0.2, -0.15) is 0 Å². The van der Waals surface area contributed by atoms with Crippen LogP contribution in [0.25, 0.3) is 0 Å². The number of carbonyl (C=O) groups excluding carboxylic acids is 2. The molecule has 2 atom stereocenters. The summed E-state index contributed by atoms with van der Waals surface area (Å²) in [5, 5.41) is 0. The van der Waals surface area contributed by atoms with E-state index in [9.17, 15) is 9.59 Å². The maximum atomic E-state index is 12.3. The molecule has 0 N–H and O–H groups in total. The summed E-state index contributed by atoms with van der Waals surface area (Å²) >= 11 is 0. The summed E-state index contributed by atoms with van der Waals surface area (Å²) in [6.45, 7) is 3.76. The van der Waals surface area contributed by atoms with Crippen molar-refractivity contribution in [1.82, 2.24) is 0 Å². The van der Waals surface area contributed by atoms with Gasteiger partial charge in [-0.05, 0) is 77.4 Å². The van der Waals surface area contributed by atoms with Crippen molar-refractivity contribution in [2.24, 2.45) is 0 Å². The Bertz CT molecular complexity index is 637. The molecule has 0 saturated carbocycles. The second kappa shape index (κ2) is 7.65. The Morgan fingerprint density at radius 1 is 0.731 bits per heavy atom. The van der Waals surface area contributed by atoms with Gasteiger partial charge in [0.15, 0.2) is 11.2 Å². The number of ether oxygens (including phenoxy) is 2. The lowest BCUT2D eigenvalue weighted by molar-refractivity contribution is -0.129. The maximum absolute atomic E-state index is 12.3. The molecule has 0 unspecified atom stereocenters. The van der Waals surface area contributed by atoms with Crippen LogP contribution in [-0.2, 0) is 19.1 Å². The molecule has 140 valence electrons. The Balaban J connectivity index is 1.67. The summed E-state index contributed by atoms with van der Waals surface area (Å²) in [7, 11) is 0. The summed E-state index contributed by atoms with van der Waals surface area (Å²) in [5.74, 6) is 1.45. The molecule has 4 nitrogen and oxygen atoms in total. The summed E-state index contributed by atoms with van der Waals surface area (Å²) in [6, 6.07) is 0. The van der Waals surface area contributed by atoms with Gasteiger partial charge in [-0.15, -0.1) is 0 Å². The Labute approximate surface area is 155 Å². The fraction of sp³-hybridized carbons (Fsp3) is 0.545. The fourth-order valence-corrected chi connectivity index (χ4v) is 3.60. The average Bonchev–Trinajstić information content (AvgIpc) is 3.03. The minimum atomic E-state index is -0.722. The lowest BCUT2D eigenvalue weighted by Gasteiger charge is -2.23. The van der Waals surface area contributed by atoms with Gasteiger partial charge in [-0.1, -0.05) is 12.2 Å². The van der Waals surface area contributed by atoms with Crippen molar-refractivity contribution in [1.29, 1.82) is 0 Å². The van der Waals surface area contributed by atoms with Crippen LogP contribution in [0.5, 0.6) is 0 Å². The van der Waals surface area contributed by atoms with Crippen LogP contribution in [-0.4, -0.2) is 22.8 Å². The predicted molar refractivity (Wildman–Crippen MR) is 100 cm³/mol. The third kappa shape index (κ3) is 4.17. The normalized spacial score (nSPS) is 35.5. The van der Waals surface area contributed by atoms with Gasteiger partial charge < -0.3 is 9.47 Å². The molecular formula is C22H28O4. The third-order valence-corrected chi connectivity index (χ3v) is 5.39. The minimum absolute atomic E-state index is 0.0629. The molecule has 0 aliphatic carbocycles. The van der Waals surface area contributed by atoms with E-state index in [1.54, 1.807) is 12.2 Å². The van der Waals surface area contributed by atoms with Gasteiger partial charge in [0.1, 0.15) is 11.5 Å². The lowest BCUT2D eigenvalue weighted by Crippen LogP contribution is -2.32. The van der Waals surface area contributed by atoms with Gasteiger partial charge in [-0.25, -0.2) is 0 Å². The molecule has 4 heteroatoms. The maximum Gasteiger partial charge on any atom is 0.202 e. The Kier molecular flexibility index (Phi) is 5.49. The van der Waals surface area contributed by atoms with Gasteiger partial charge in [-0.3, -0.25) is 9.59 Å². The monoisotopic (exact) mass is 356 g/mol. The number of allylic oxidation sites excluding steroid dienone is 4. The largest absolute Gasteiger partial charge is 0.479 e. The number of hydrogen-bond donors (Lipinski definition) is 0. The van der Waals surface area contributed by atoms with E-state index in [0.717, 1.165) is 38.5 Å². The SMILES string of the molecule is C[C@@]12CCCC/C=C\C3=CC(=O)[C@](C)(CCCC/C=C\C(=CC1=O)O2)O3. The predicted octanol–water partition coefficient (Wildman–Crippen LogP) is 4.72. The quantitative estimate of drug-likeness (QED) is 0.630. The van der Waals surface area contributed by atoms with Gasteiger partial charge >= 0.3 is 0 Å². The molecule has 3 aliphatic heterocycles. The molecule has 3 aliphatic rings. The minimum Gasteiger partial charge on any atom is -0.479 e. The van der Waals surface area contributed by atoms with Crippen LogP contribution in [0.3, 0.4) is 0 Å². The summed E-state index contributed by atoms with van der Waals surface area (Å²) in [4.78, 5) is 24.5. The molecule has 0 aromatic carbocycles.